The molecular weight excluding hydrogens is 150 g/mol. The van der Waals surface area contributed by atoms with Gasteiger partial charge in [-0.1, -0.05) is 13.0 Å². The number of nitrogens with one attached hydrogen (secondary N) is 1. The summed E-state index contributed by atoms with van der Waals surface area (Å²) in [6.45, 7) is 1.93. The van der Waals surface area contributed by atoms with Gasteiger partial charge in [0, 0.05) is 24.1 Å². The summed E-state index contributed by atoms with van der Waals surface area (Å²) in [5, 5.41) is 3.47. The first-order valence-electron chi connectivity index (χ1n) is 4.80. The van der Waals surface area contributed by atoms with Gasteiger partial charge in [0.2, 0.25) is 0 Å². The maximum Gasteiger partial charge on any atom is 0.159 e. The zero-order valence-electron chi connectivity index (χ0n) is 7.47. The van der Waals surface area contributed by atoms with E-state index in [1.165, 1.54) is 6.42 Å². The summed E-state index contributed by atoms with van der Waals surface area (Å²) >= 11 is 0. The second-order valence-corrected chi connectivity index (χ2v) is 3.67. The lowest BCUT2D eigenvalue weighted by Crippen LogP contribution is -2.36. The molecule has 12 heavy (non-hydrogen) atoms. The largest absolute Gasteiger partial charge is 0.307 e. The molecule has 0 amide bonds. The minimum atomic E-state index is 0.327. The first-order chi connectivity index (χ1) is 5.81. The Morgan fingerprint density at radius 1 is 1.67 bits per heavy atom. The van der Waals surface area contributed by atoms with Gasteiger partial charge in [-0.3, -0.25) is 4.79 Å². The van der Waals surface area contributed by atoms with Crippen molar-refractivity contribution in [2.24, 2.45) is 0 Å². The molecule has 2 rings (SSSR count). The van der Waals surface area contributed by atoms with Crippen LogP contribution in [0.15, 0.2) is 11.6 Å². The lowest BCUT2D eigenvalue weighted by atomic mass is 9.98. The van der Waals surface area contributed by atoms with Crippen molar-refractivity contribution in [2.75, 3.05) is 0 Å². The van der Waals surface area contributed by atoms with E-state index in [4.69, 9.17) is 0 Å². The van der Waals surface area contributed by atoms with Gasteiger partial charge in [-0.2, -0.15) is 0 Å². The topological polar surface area (TPSA) is 29.1 Å². The average molecular weight is 165 g/mol. The number of fused-ring (bicyclic) bond motifs is 2. The van der Waals surface area contributed by atoms with Crippen LogP contribution in [0.3, 0.4) is 0 Å². The van der Waals surface area contributed by atoms with Crippen LogP contribution >= 0.6 is 0 Å². The van der Waals surface area contributed by atoms with Crippen molar-refractivity contribution in [2.45, 2.75) is 44.7 Å². The Hall–Kier alpha value is -0.630. The normalized spacial score (nSPS) is 33.2. The van der Waals surface area contributed by atoms with Crippen LogP contribution < -0.4 is 5.32 Å². The molecule has 2 atom stereocenters. The van der Waals surface area contributed by atoms with Crippen LogP contribution in [0.1, 0.15) is 32.6 Å². The Morgan fingerprint density at radius 2 is 2.50 bits per heavy atom. The second-order valence-electron chi connectivity index (χ2n) is 3.67. The van der Waals surface area contributed by atoms with Crippen LogP contribution in [0.2, 0.25) is 0 Å². The maximum atomic E-state index is 11.4. The third kappa shape index (κ3) is 1.20. The number of hydrogen-bond donors (Lipinski definition) is 1. The van der Waals surface area contributed by atoms with E-state index in [0.29, 0.717) is 24.3 Å². The first kappa shape index (κ1) is 7.99. The van der Waals surface area contributed by atoms with E-state index in [1.807, 2.05) is 6.92 Å². The molecule has 1 N–H and O–H groups in total. The Morgan fingerprint density at radius 3 is 3.25 bits per heavy atom. The summed E-state index contributed by atoms with van der Waals surface area (Å²) in [4.78, 5) is 11.4. The van der Waals surface area contributed by atoms with Crippen LogP contribution in [0, 0.1) is 0 Å². The molecule has 2 bridgehead atoms. The number of hydrogen-bond acceptors (Lipinski definition) is 2. The summed E-state index contributed by atoms with van der Waals surface area (Å²) in [5.41, 5.74) is 1.05. The van der Waals surface area contributed by atoms with Crippen molar-refractivity contribution >= 4 is 5.78 Å². The standard InChI is InChI=1S/C10H15NO/c1-2-10(12)8-5-3-7-4-6-9(8)11-7/h5,7,9,11H,2-4,6H2,1H3/t7-,9-/m1/s1. The molecule has 2 aliphatic heterocycles. The van der Waals surface area contributed by atoms with Crippen LogP contribution in [0.4, 0.5) is 0 Å². The molecule has 0 unspecified atom stereocenters. The van der Waals surface area contributed by atoms with Crippen molar-refractivity contribution in [3.8, 4) is 0 Å². The highest BCUT2D eigenvalue weighted by Crippen LogP contribution is 2.27. The van der Waals surface area contributed by atoms with Gasteiger partial charge >= 0.3 is 0 Å². The Bertz CT molecular complexity index is 232. The smallest absolute Gasteiger partial charge is 0.159 e. The number of rotatable bonds is 2. The maximum absolute atomic E-state index is 11.4. The van der Waals surface area contributed by atoms with Crippen LogP contribution in [-0.4, -0.2) is 17.9 Å². The van der Waals surface area contributed by atoms with E-state index in [9.17, 15) is 4.79 Å². The highest BCUT2D eigenvalue weighted by molar-refractivity contribution is 5.96. The molecule has 0 aromatic carbocycles. The number of carbonyl (C=O) groups is 1. The van der Waals surface area contributed by atoms with Gasteiger partial charge < -0.3 is 5.32 Å². The quantitative estimate of drug-likeness (QED) is 0.670. The molecule has 0 saturated carbocycles. The monoisotopic (exact) mass is 165 g/mol. The molecule has 0 aliphatic carbocycles. The SMILES string of the molecule is CCC(=O)C1=CC[C@@H]2CC[C@H]1N2. The summed E-state index contributed by atoms with van der Waals surface area (Å²) in [5.74, 6) is 0.327. The zero-order valence-corrected chi connectivity index (χ0v) is 7.47. The molecule has 0 radical (unpaired) electrons. The third-order valence-corrected chi connectivity index (χ3v) is 2.88. The fourth-order valence-corrected chi connectivity index (χ4v) is 2.17. The molecule has 1 fully saturated rings. The van der Waals surface area contributed by atoms with E-state index >= 15 is 0 Å². The summed E-state index contributed by atoms with van der Waals surface area (Å²) in [6, 6.07) is 1.04. The predicted octanol–water partition coefficient (Wildman–Crippen LogP) is 1.42. The van der Waals surface area contributed by atoms with Crippen molar-refractivity contribution in [1.82, 2.24) is 5.32 Å². The van der Waals surface area contributed by atoms with Crippen molar-refractivity contribution in [1.29, 1.82) is 0 Å². The molecule has 0 aromatic rings. The van der Waals surface area contributed by atoms with E-state index in [-0.39, 0.29) is 0 Å². The van der Waals surface area contributed by atoms with Gasteiger partial charge in [-0.25, -0.2) is 0 Å². The highest BCUT2D eigenvalue weighted by Gasteiger charge is 2.31. The minimum absolute atomic E-state index is 0.327. The number of carbonyl (C=O) groups excluding carboxylic acids is 1. The Balaban J connectivity index is 2.15. The van der Waals surface area contributed by atoms with E-state index in [2.05, 4.69) is 11.4 Å². The molecule has 2 nitrogen and oxygen atoms in total. The molecule has 0 spiro atoms. The number of Topliss-reactive ketones (excluding diaryl/α,β-unsaturated/α-hetero) is 1. The van der Waals surface area contributed by atoms with Gasteiger partial charge in [0.25, 0.3) is 0 Å². The van der Waals surface area contributed by atoms with E-state index in [0.717, 1.165) is 18.4 Å². The van der Waals surface area contributed by atoms with E-state index < -0.39 is 0 Å². The molecular formula is C10H15NO. The fraction of sp³-hybridized carbons (Fsp3) is 0.700. The van der Waals surface area contributed by atoms with Gasteiger partial charge in [-0.05, 0) is 19.3 Å². The molecule has 2 heteroatoms. The predicted molar refractivity (Wildman–Crippen MR) is 47.9 cm³/mol. The average Bonchev–Trinajstić information content (AvgIpc) is 2.47. The van der Waals surface area contributed by atoms with Gasteiger partial charge in [0.1, 0.15) is 0 Å². The first-order valence-corrected chi connectivity index (χ1v) is 4.80. The lowest BCUT2D eigenvalue weighted by Gasteiger charge is -2.21. The molecule has 66 valence electrons. The van der Waals surface area contributed by atoms with Crippen LogP contribution in [-0.2, 0) is 4.79 Å². The number of ketones is 1. The lowest BCUT2D eigenvalue weighted by molar-refractivity contribution is -0.115. The van der Waals surface area contributed by atoms with Crippen LogP contribution in [0.5, 0.6) is 0 Å². The molecule has 2 heterocycles. The molecule has 2 aliphatic rings. The fourth-order valence-electron chi connectivity index (χ4n) is 2.17. The van der Waals surface area contributed by atoms with Crippen molar-refractivity contribution in [3.05, 3.63) is 11.6 Å². The summed E-state index contributed by atoms with van der Waals surface area (Å²) in [7, 11) is 0. The zero-order chi connectivity index (χ0) is 8.55. The second kappa shape index (κ2) is 3.02. The highest BCUT2D eigenvalue weighted by atomic mass is 16.1. The van der Waals surface area contributed by atoms with Crippen LogP contribution in [0.25, 0.3) is 0 Å². The van der Waals surface area contributed by atoms with Crippen molar-refractivity contribution < 1.29 is 4.79 Å². The third-order valence-electron chi connectivity index (χ3n) is 2.88. The van der Waals surface area contributed by atoms with E-state index in [1.54, 1.807) is 0 Å². The summed E-state index contributed by atoms with van der Waals surface area (Å²) in [6.07, 6.45) is 6.24. The Kier molecular flexibility index (Phi) is 2.01. The van der Waals surface area contributed by atoms with Gasteiger partial charge in [-0.15, -0.1) is 0 Å². The van der Waals surface area contributed by atoms with Gasteiger partial charge in [0.15, 0.2) is 5.78 Å². The van der Waals surface area contributed by atoms with Crippen molar-refractivity contribution in [3.63, 3.8) is 0 Å². The Labute approximate surface area is 73.0 Å². The summed E-state index contributed by atoms with van der Waals surface area (Å²) < 4.78 is 0. The molecule has 0 aromatic heterocycles. The molecule has 1 saturated heterocycles. The minimum Gasteiger partial charge on any atom is -0.307 e. The van der Waals surface area contributed by atoms with Gasteiger partial charge in [0.05, 0.1) is 0 Å².